The largest absolute Gasteiger partial charge is 0.505 e. The molecule has 1 heterocycles. The van der Waals surface area contributed by atoms with E-state index >= 15 is 0 Å². The van der Waals surface area contributed by atoms with E-state index < -0.39 is 80.1 Å². The van der Waals surface area contributed by atoms with E-state index in [2.05, 4.69) is 35.8 Å². The first-order valence-corrected chi connectivity index (χ1v) is 21.0. The molecule has 6 rings (SSSR count). The van der Waals surface area contributed by atoms with Crippen molar-refractivity contribution in [1.82, 2.24) is 0 Å². The summed E-state index contributed by atoms with van der Waals surface area (Å²) in [5.41, 5.74) is -1.39. The fourth-order valence-electron chi connectivity index (χ4n) is 5.62. The van der Waals surface area contributed by atoms with Gasteiger partial charge in [0, 0.05) is 17.5 Å². The van der Waals surface area contributed by atoms with Crippen LogP contribution in [-0.2, 0) is 39.9 Å². The highest BCUT2D eigenvalue weighted by atomic mass is 32.2. The zero-order valence-corrected chi connectivity index (χ0v) is 33.7. The first kappa shape index (κ1) is 43.5. The van der Waals surface area contributed by atoms with Gasteiger partial charge in [0.1, 0.15) is 44.0 Å². The number of methoxy groups -OCH3 is 2. The molecule has 1 atom stereocenters. The van der Waals surface area contributed by atoms with Gasteiger partial charge < -0.3 is 19.7 Å². The van der Waals surface area contributed by atoms with Gasteiger partial charge in [-0.15, -0.1) is 20.5 Å². The first-order valence-electron chi connectivity index (χ1n) is 16.7. The van der Waals surface area contributed by atoms with Crippen molar-refractivity contribution < 1.29 is 68.2 Å². The monoisotopic (exact) mass is 896 g/mol. The fourth-order valence-corrected chi connectivity index (χ4v) is 7.46. The molecule has 0 saturated heterocycles. The number of hydrazone groups is 1. The Balaban J connectivity index is 1.32. The summed E-state index contributed by atoms with van der Waals surface area (Å²) in [6.45, 7) is 1.61. The van der Waals surface area contributed by atoms with Crippen LogP contribution < -0.4 is 14.5 Å². The van der Waals surface area contributed by atoms with Gasteiger partial charge in [0.15, 0.2) is 11.5 Å². The van der Waals surface area contributed by atoms with Crippen molar-refractivity contribution in [3.8, 4) is 17.2 Å². The van der Waals surface area contributed by atoms with E-state index in [0.717, 1.165) is 30.3 Å². The number of anilines is 1. The fraction of sp³-hybridized carbons (Fsp3) is 0.114. The number of azo groups is 3. The predicted molar refractivity (Wildman–Crippen MR) is 211 cm³/mol. The number of hydrogen-bond donors (Lipinski definition) is 5. The summed E-state index contributed by atoms with van der Waals surface area (Å²) in [5.74, 6) is -3.46. The Morgan fingerprint density at radius 1 is 0.705 bits per heavy atom. The maximum atomic E-state index is 13.2. The smallest absolute Gasteiger partial charge is 0.355 e. The molecule has 1 amide bonds. The Bertz CT molecular complexity index is 3120. The summed E-state index contributed by atoms with van der Waals surface area (Å²) in [5, 5.41) is 48.9. The number of phenolic OH excluding ortho intramolecular Hbond substituents is 1. The van der Waals surface area contributed by atoms with Crippen molar-refractivity contribution in [2.45, 2.75) is 27.7 Å². The molecule has 0 fully saturated rings. The molecule has 0 aromatic heterocycles. The number of carbonyl (C=O) groups is 2. The molecule has 5 N–H and O–H groups in total. The number of fused-ring (bicyclic) bond motifs is 1. The summed E-state index contributed by atoms with van der Waals surface area (Å²) >= 11 is 0. The van der Waals surface area contributed by atoms with Crippen molar-refractivity contribution in [2.75, 3.05) is 19.2 Å². The number of amides is 1. The highest BCUT2D eigenvalue weighted by Gasteiger charge is 2.41. The van der Waals surface area contributed by atoms with Gasteiger partial charge >= 0.3 is 5.97 Å². The van der Waals surface area contributed by atoms with Gasteiger partial charge in [-0.2, -0.15) is 45.6 Å². The molecule has 0 radical (unpaired) electrons. The number of aryl methyl sites for hydroxylation is 1. The van der Waals surface area contributed by atoms with Crippen LogP contribution in [0.2, 0.25) is 0 Å². The van der Waals surface area contributed by atoms with Crippen LogP contribution >= 0.6 is 0 Å². The van der Waals surface area contributed by atoms with E-state index in [4.69, 9.17) is 9.47 Å². The van der Waals surface area contributed by atoms with Gasteiger partial charge in [0.25, 0.3) is 36.3 Å². The number of phenols is 1. The van der Waals surface area contributed by atoms with Crippen LogP contribution in [0, 0.1) is 6.92 Å². The number of hydrogen-bond acceptors (Lipinski definition) is 18. The number of nitrogens with zero attached hydrogens (tertiary/aromatic N) is 8. The van der Waals surface area contributed by atoms with E-state index in [0.29, 0.717) is 10.6 Å². The van der Waals surface area contributed by atoms with Gasteiger partial charge in [0.2, 0.25) is 6.04 Å². The summed E-state index contributed by atoms with van der Waals surface area (Å²) in [7, 11) is -11.9. The van der Waals surface area contributed by atoms with Gasteiger partial charge in [-0.25, -0.2) is 4.79 Å². The van der Waals surface area contributed by atoms with Crippen LogP contribution in [0.4, 0.5) is 34.1 Å². The highest BCUT2D eigenvalue weighted by Crippen LogP contribution is 2.45. The van der Waals surface area contributed by atoms with Crippen molar-refractivity contribution in [3.05, 3.63) is 84.4 Å². The van der Waals surface area contributed by atoms with E-state index in [9.17, 15) is 58.7 Å². The molecule has 23 nitrogen and oxygen atoms in total. The highest BCUT2D eigenvalue weighted by molar-refractivity contribution is 7.86. The normalized spacial score (nSPS) is 15.0. The average Bonchev–Trinajstić information content (AvgIpc) is 3.53. The third-order valence-electron chi connectivity index (χ3n) is 8.51. The molecule has 0 spiro atoms. The standard InChI is InChI=1S/C35H28N8O15S3/c1-17-4-11-23(28(12-17)60(51,52)53)37-38-24-15-27(58-3)25(16-26(24)57-2)39-40-30-29(61(54,55)56)14-18-13-19(5-10-22(18)33(30)44)36-41-31-32(35(46)47)42-43(34(31)45)20-6-8-21(9-7-20)59(48,49)50/h4-16,31,44H,1-3H3,(H,46,47)(H,48,49,50)(H,51,52,53)(H,54,55,56). The van der Waals surface area contributed by atoms with Gasteiger partial charge in [-0.1, -0.05) is 6.07 Å². The Morgan fingerprint density at radius 3 is 1.85 bits per heavy atom. The molecule has 5 aromatic rings. The second-order valence-corrected chi connectivity index (χ2v) is 16.7. The number of aliphatic carboxylic acids is 1. The SMILES string of the molecule is COc1cc(N=Nc2c(S(=O)(=O)O)cc3cc(N=NC4C(=O)N(c5ccc(S(=O)(=O)O)cc5)N=C4C(=O)O)ccc3c2O)c(OC)cc1N=Nc1ccc(C)cc1S(=O)(=O)O. The quantitative estimate of drug-likeness (QED) is 0.0632. The second-order valence-electron chi connectivity index (χ2n) is 12.5. The predicted octanol–water partition coefficient (Wildman–Crippen LogP) is 6.38. The van der Waals surface area contributed by atoms with E-state index in [1.165, 1.54) is 56.7 Å². The number of benzene rings is 5. The van der Waals surface area contributed by atoms with Crippen molar-refractivity contribution >= 4 is 92.8 Å². The summed E-state index contributed by atoms with van der Waals surface area (Å²) < 4.78 is 112. The molecule has 1 aliphatic heterocycles. The Labute approximate surface area is 344 Å². The molecule has 1 unspecified atom stereocenters. The lowest BCUT2D eigenvalue weighted by Gasteiger charge is -2.12. The molecule has 316 valence electrons. The van der Waals surface area contributed by atoms with Crippen molar-refractivity contribution in [1.29, 1.82) is 0 Å². The summed E-state index contributed by atoms with van der Waals surface area (Å²) in [6.07, 6.45) is 0. The lowest BCUT2D eigenvalue weighted by atomic mass is 10.1. The second kappa shape index (κ2) is 16.5. The molecular weight excluding hydrogens is 869 g/mol. The van der Waals surface area contributed by atoms with E-state index in [1.807, 2.05) is 0 Å². The molecule has 0 aliphatic carbocycles. The van der Waals surface area contributed by atoms with Crippen LogP contribution in [-0.4, -0.2) is 87.0 Å². The van der Waals surface area contributed by atoms with Crippen LogP contribution in [0.15, 0.2) is 129 Å². The molecular formula is C35H28N8O15S3. The number of carboxylic acid groups (broad SMARTS) is 1. The molecule has 0 bridgehead atoms. The van der Waals surface area contributed by atoms with Crippen molar-refractivity contribution in [2.24, 2.45) is 35.8 Å². The van der Waals surface area contributed by atoms with E-state index in [-0.39, 0.29) is 50.7 Å². The zero-order valence-electron chi connectivity index (χ0n) is 31.2. The maximum absolute atomic E-state index is 13.2. The van der Waals surface area contributed by atoms with Gasteiger partial charge in [-0.3, -0.25) is 18.5 Å². The molecule has 26 heteroatoms. The Kier molecular flexibility index (Phi) is 11.8. The minimum Gasteiger partial charge on any atom is -0.505 e. The van der Waals surface area contributed by atoms with Crippen LogP contribution in [0.25, 0.3) is 10.8 Å². The lowest BCUT2D eigenvalue weighted by Crippen LogP contribution is -2.33. The van der Waals surface area contributed by atoms with Gasteiger partial charge in [-0.05, 0) is 78.5 Å². The van der Waals surface area contributed by atoms with Gasteiger partial charge in [0.05, 0.1) is 30.5 Å². The van der Waals surface area contributed by atoms with E-state index in [1.54, 1.807) is 13.0 Å². The summed E-state index contributed by atoms with van der Waals surface area (Å²) in [4.78, 5) is 23.2. The molecule has 5 aromatic carbocycles. The number of aromatic hydroxyl groups is 1. The molecule has 1 aliphatic rings. The molecule has 0 saturated carbocycles. The Morgan fingerprint density at radius 2 is 1.30 bits per heavy atom. The van der Waals surface area contributed by atoms with Crippen LogP contribution in [0.3, 0.4) is 0 Å². The third-order valence-corrected chi connectivity index (χ3v) is 11.1. The summed E-state index contributed by atoms with van der Waals surface area (Å²) in [6, 6.07) is 13.5. The molecule has 61 heavy (non-hydrogen) atoms. The topological polar surface area (TPSA) is 346 Å². The minimum absolute atomic E-state index is 0.00514. The van der Waals surface area contributed by atoms with Crippen molar-refractivity contribution in [3.63, 3.8) is 0 Å². The zero-order chi connectivity index (χ0) is 44.6. The van der Waals surface area contributed by atoms with Crippen LogP contribution in [0.5, 0.6) is 17.2 Å². The average molecular weight is 897 g/mol. The van der Waals surface area contributed by atoms with Crippen LogP contribution in [0.1, 0.15) is 5.56 Å². The number of ether oxygens (including phenoxy) is 2. The number of carboxylic acids is 1. The minimum atomic E-state index is -5.13. The third kappa shape index (κ3) is 9.22. The Hall–Kier alpha value is -7.10. The number of rotatable bonds is 13. The first-order chi connectivity index (χ1) is 28.6. The number of carbonyl (C=O) groups excluding carboxylic acids is 1. The lowest BCUT2D eigenvalue weighted by molar-refractivity contribution is -0.130. The maximum Gasteiger partial charge on any atom is 0.355 e.